The van der Waals surface area contributed by atoms with Gasteiger partial charge < -0.3 is 13.9 Å². The van der Waals surface area contributed by atoms with Crippen LogP contribution in [0, 0.1) is 0 Å². The van der Waals surface area contributed by atoms with Crippen LogP contribution >= 0.6 is 27.3 Å². The molecule has 0 amide bonds. The summed E-state index contributed by atoms with van der Waals surface area (Å²) in [7, 11) is 1.58. The smallest absolute Gasteiger partial charge is 0.338 e. The molecule has 7 nitrogen and oxygen atoms in total. The van der Waals surface area contributed by atoms with Crippen LogP contribution in [0.25, 0.3) is 23.1 Å². The number of fused-ring (bicyclic) bond motifs is 1. The van der Waals surface area contributed by atoms with Crippen molar-refractivity contribution in [3.05, 3.63) is 138 Å². The zero-order chi connectivity index (χ0) is 29.2. The van der Waals surface area contributed by atoms with E-state index in [1.807, 2.05) is 91.0 Å². The maximum atomic E-state index is 14.1. The quantitative estimate of drug-likeness (QED) is 0.205. The van der Waals surface area contributed by atoms with Gasteiger partial charge in [0.1, 0.15) is 17.3 Å². The van der Waals surface area contributed by atoms with E-state index in [4.69, 9.17) is 18.9 Å². The largest absolute Gasteiger partial charge is 0.497 e. The molecule has 0 bridgehead atoms. The zero-order valence-corrected chi connectivity index (χ0v) is 25.1. The second kappa shape index (κ2) is 11.8. The third-order valence-corrected chi connectivity index (χ3v) is 8.32. The van der Waals surface area contributed by atoms with E-state index in [2.05, 4.69) is 15.9 Å². The molecule has 0 unspecified atom stereocenters. The summed E-state index contributed by atoms with van der Waals surface area (Å²) in [4.78, 5) is 33.0. The summed E-state index contributed by atoms with van der Waals surface area (Å²) in [6, 6.07) is 27.5. The first-order valence-corrected chi connectivity index (χ1v) is 14.9. The minimum atomic E-state index is -0.789. The number of ether oxygens (including phenoxy) is 2. The van der Waals surface area contributed by atoms with E-state index in [-0.39, 0.29) is 17.7 Å². The Balaban J connectivity index is 1.57. The number of hydrogen-bond acceptors (Lipinski definition) is 7. The lowest BCUT2D eigenvalue weighted by atomic mass is 9.93. The van der Waals surface area contributed by atoms with Crippen molar-refractivity contribution in [2.75, 3.05) is 13.7 Å². The van der Waals surface area contributed by atoms with Crippen molar-refractivity contribution in [1.29, 1.82) is 0 Å². The normalized spacial score (nSPS) is 14.8. The third kappa shape index (κ3) is 5.29. The van der Waals surface area contributed by atoms with Gasteiger partial charge in [-0.1, -0.05) is 81.9 Å². The van der Waals surface area contributed by atoms with Crippen LogP contribution in [-0.2, 0) is 9.53 Å². The predicted octanol–water partition coefficient (Wildman–Crippen LogP) is 5.97. The number of furan rings is 1. The van der Waals surface area contributed by atoms with Crippen molar-refractivity contribution >= 4 is 45.0 Å². The summed E-state index contributed by atoms with van der Waals surface area (Å²) in [5, 5.41) is 0. The summed E-state index contributed by atoms with van der Waals surface area (Å²) in [6.07, 6.45) is 1.71. The van der Waals surface area contributed by atoms with Gasteiger partial charge in [-0.15, -0.1) is 0 Å². The van der Waals surface area contributed by atoms with Crippen LogP contribution in [0.5, 0.6) is 5.75 Å². The van der Waals surface area contributed by atoms with E-state index >= 15 is 0 Å². The predicted molar refractivity (Wildman–Crippen MR) is 166 cm³/mol. The number of carbonyl (C=O) groups excluding carboxylic acids is 1. The lowest BCUT2D eigenvalue weighted by molar-refractivity contribution is -0.138. The van der Waals surface area contributed by atoms with Gasteiger partial charge >= 0.3 is 5.97 Å². The monoisotopic (exact) mass is 640 g/mol. The van der Waals surface area contributed by atoms with E-state index < -0.39 is 12.0 Å². The van der Waals surface area contributed by atoms with Crippen LogP contribution in [-0.4, -0.2) is 24.3 Å². The number of carbonyl (C=O) groups is 1. The maximum absolute atomic E-state index is 14.1. The van der Waals surface area contributed by atoms with Gasteiger partial charge in [0.05, 0.1) is 35.6 Å². The first kappa shape index (κ1) is 27.7. The molecule has 0 aliphatic carbocycles. The minimum absolute atomic E-state index is 0.179. The molecule has 0 fully saturated rings. The Morgan fingerprint density at radius 3 is 2.55 bits per heavy atom. The van der Waals surface area contributed by atoms with E-state index in [1.165, 1.54) is 11.3 Å². The summed E-state index contributed by atoms with van der Waals surface area (Å²) in [6.45, 7) is 1.93. The molecule has 0 saturated carbocycles. The Morgan fingerprint density at radius 1 is 1.02 bits per heavy atom. The van der Waals surface area contributed by atoms with Gasteiger partial charge in [-0.25, -0.2) is 9.79 Å². The molecular formula is C33H25BrN2O5S. The molecule has 0 N–H and O–H groups in total. The molecule has 0 spiro atoms. The number of rotatable bonds is 7. The van der Waals surface area contributed by atoms with Gasteiger partial charge in [0, 0.05) is 21.7 Å². The number of nitrogens with zero attached hydrogens (tertiary/aromatic N) is 2. The fraction of sp³-hybridized carbons (Fsp3) is 0.121. The number of thiazole rings is 1. The molecule has 1 aliphatic rings. The van der Waals surface area contributed by atoms with Crippen molar-refractivity contribution in [2.24, 2.45) is 4.99 Å². The second-order valence-corrected chi connectivity index (χ2v) is 11.3. The van der Waals surface area contributed by atoms with E-state index in [9.17, 15) is 9.59 Å². The molecule has 0 saturated heterocycles. The fourth-order valence-corrected chi connectivity index (χ4v) is 6.14. The Labute approximate surface area is 253 Å². The molecule has 2 aromatic heterocycles. The van der Waals surface area contributed by atoms with Gasteiger partial charge in [-0.2, -0.15) is 0 Å². The van der Waals surface area contributed by atoms with Crippen LogP contribution in [0.2, 0.25) is 0 Å². The zero-order valence-electron chi connectivity index (χ0n) is 22.7. The summed E-state index contributed by atoms with van der Waals surface area (Å²) >= 11 is 4.70. The van der Waals surface area contributed by atoms with E-state index in [0.717, 1.165) is 15.6 Å². The second-order valence-electron chi connectivity index (χ2n) is 9.42. The molecule has 42 heavy (non-hydrogen) atoms. The molecule has 0 radical (unpaired) electrons. The molecule has 5 aromatic rings. The molecule has 9 heteroatoms. The first-order chi connectivity index (χ1) is 20.5. The number of methoxy groups -OCH3 is 1. The van der Waals surface area contributed by atoms with Gasteiger partial charge in [0.15, 0.2) is 4.80 Å². The number of esters is 1. The SMILES string of the molecule is CCOC(=O)C1=C(c2ccccc2)N=c2s/c(=C\c3ccc(-c4ccc(Br)cc4)o3)c(=O)n2[C@@H]1c1cccc(OC)c1. The molecule has 1 aliphatic heterocycles. The van der Waals surface area contributed by atoms with Crippen LogP contribution in [0.1, 0.15) is 29.9 Å². The molecular weight excluding hydrogens is 616 g/mol. The Hall–Kier alpha value is -4.47. The fourth-order valence-electron chi connectivity index (χ4n) is 4.90. The average Bonchev–Trinajstić information content (AvgIpc) is 3.61. The van der Waals surface area contributed by atoms with E-state index in [1.54, 1.807) is 24.7 Å². The lowest BCUT2D eigenvalue weighted by Crippen LogP contribution is -2.40. The lowest BCUT2D eigenvalue weighted by Gasteiger charge is -2.26. The Bertz CT molecular complexity index is 1990. The number of halogens is 1. The molecule has 210 valence electrons. The highest BCUT2D eigenvalue weighted by molar-refractivity contribution is 9.10. The van der Waals surface area contributed by atoms with Crippen LogP contribution in [0.4, 0.5) is 0 Å². The average molecular weight is 642 g/mol. The van der Waals surface area contributed by atoms with Crippen molar-refractivity contribution < 1.29 is 18.7 Å². The van der Waals surface area contributed by atoms with Crippen molar-refractivity contribution in [2.45, 2.75) is 13.0 Å². The van der Waals surface area contributed by atoms with Gasteiger partial charge in [-0.05, 0) is 48.9 Å². The Kier molecular flexibility index (Phi) is 7.78. The first-order valence-electron chi connectivity index (χ1n) is 13.2. The number of aromatic nitrogens is 1. The van der Waals surface area contributed by atoms with E-state index in [0.29, 0.717) is 37.9 Å². The number of benzene rings is 3. The minimum Gasteiger partial charge on any atom is -0.497 e. The summed E-state index contributed by atoms with van der Waals surface area (Å²) < 4.78 is 20.1. The standard InChI is InChI=1S/C33H25BrN2O5S/c1-3-40-32(38)28-29(21-8-5-4-6-9-21)35-33-36(30(28)22-10-7-11-24(18-22)39-2)31(37)27(42-33)19-25-16-17-26(41-25)20-12-14-23(34)15-13-20/h4-19,30H,3H2,1-2H3/b27-19-/t30-/m1/s1. The van der Waals surface area contributed by atoms with Crippen LogP contribution in [0.3, 0.4) is 0 Å². The highest BCUT2D eigenvalue weighted by Gasteiger charge is 2.35. The van der Waals surface area contributed by atoms with Crippen molar-refractivity contribution in [3.8, 4) is 17.1 Å². The molecule has 1 atom stereocenters. The van der Waals surface area contributed by atoms with Crippen LogP contribution in [0.15, 0.2) is 115 Å². The highest BCUT2D eigenvalue weighted by Crippen LogP contribution is 2.36. The topological polar surface area (TPSA) is 83.0 Å². The molecule has 6 rings (SSSR count). The van der Waals surface area contributed by atoms with Gasteiger partial charge in [0.2, 0.25) is 0 Å². The summed E-state index contributed by atoms with van der Waals surface area (Å²) in [5.41, 5.74) is 2.82. The van der Waals surface area contributed by atoms with Crippen molar-refractivity contribution in [3.63, 3.8) is 0 Å². The maximum Gasteiger partial charge on any atom is 0.338 e. The molecule has 3 heterocycles. The Morgan fingerprint density at radius 2 is 1.81 bits per heavy atom. The molecule has 3 aromatic carbocycles. The highest BCUT2D eigenvalue weighted by atomic mass is 79.9. The number of hydrogen-bond donors (Lipinski definition) is 0. The summed E-state index contributed by atoms with van der Waals surface area (Å²) in [5.74, 6) is 1.29. The van der Waals surface area contributed by atoms with Crippen molar-refractivity contribution in [1.82, 2.24) is 4.57 Å². The van der Waals surface area contributed by atoms with Crippen LogP contribution < -0.4 is 19.6 Å². The van der Waals surface area contributed by atoms with Gasteiger partial charge in [-0.3, -0.25) is 9.36 Å². The van der Waals surface area contributed by atoms with Gasteiger partial charge in [0.25, 0.3) is 5.56 Å². The third-order valence-electron chi connectivity index (χ3n) is 6.81.